The van der Waals surface area contributed by atoms with Crippen LogP contribution in [0.15, 0.2) is 29.9 Å². The summed E-state index contributed by atoms with van der Waals surface area (Å²) in [5, 5.41) is 17.3. The first-order valence-corrected chi connectivity index (χ1v) is 6.67. The van der Waals surface area contributed by atoms with Crippen molar-refractivity contribution < 1.29 is 14.7 Å². The number of carbonyl (C=O) groups is 2. The van der Waals surface area contributed by atoms with Gasteiger partial charge in [-0.2, -0.15) is 5.10 Å². The molecule has 0 aliphatic carbocycles. The van der Waals surface area contributed by atoms with Gasteiger partial charge in [0.25, 0.3) is 0 Å². The fourth-order valence-corrected chi connectivity index (χ4v) is 2.43. The van der Waals surface area contributed by atoms with Crippen LogP contribution in [-0.2, 0) is 16.6 Å². The van der Waals surface area contributed by atoms with E-state index < -0.39 is 24.0 Å². The minimum atomic E-state index is -1.16. The van der Waals surface area contributed by atoms with Crippen molar-refractivity contribution in [2.45, 2.75) is 12.1 Å². The quantitative estimate of drug-likeness (QED) is 0.740. The van der Waals surface area contributed by atoms with Crippen molar-refractivity contribution in [2.75, 3.05) is 0 Å². The first kappa shape index (κ1) is 14.2. The number of nitrogens with two attached hydrogens (primary N) is 1. The number of aromatic nitrogens is 2. The van der Waals surface area contributed by atoms with E-state index in [1.165, 1.54) is 28.4 Å². The number of nitrogens with zero attached hydrogens (tertiary/aromatic N) is 2. The molecule has 0 spiro atoms. The summed E-state index contributed by atoms with van der Waals surface area (Å²) >= 11 is 1.35. The molecule has 20 heavy (non-hydrogen) atoms. The molecule has 2 aromatic heterocycles. The number of aryl methyl sites for hydroxylation is 1. The Morgan fingerprint density at radius 3 is 2.80 bits per heavy atom. The molecule has 0 aliphatic rings. The highest BCUT2D eigenvalue weighted by molar-refractivity contribution is 7.10. The van der Waals surface area contributed by atoms with Gasteiger partial charge in [-0.25, -0.2) is 4.79 Å². The lowest BCUT2D eigenvalue weighted by atomic mass is 10.1. The van der Waals surface area contributed by atoms with E-state index in [2.05, 4.69) is 10.4 Å². The molecular formula is C12H14N4O3S. The highest BCUT2D eigenvalue weighted by atomic mass is 32.1. The van der Waals surface area contributed by atoms with Crippen LogP contribution in [0.2, 0.25) is 0 Å². The third-order valence-corrected chi connectivity index (χ3v) is 3.68. The van der Waals surface area contributed by atoms with Gasteiger partial charge in [0.15, 0.2) is 6.04 Å². The molecule has 1 amide bonds. The topological polar surface area (TPSA) is 110 Å². The van der Waals surface area contributed by atoms with Gasteiger partial charge in [-0.15, -0.1) is 11.3 Å². The molecule has 4 N–H and O–H groups in total. The zero-order valence-electron chi connectivity index (χ0n) is 10.7. The molecule has 2 unspecified atom stereocenters. The Kier molecular flexibility index (Phi) is 4.16. The Morgan fingerprint density at radius 1 is 1.55 bits per heavy atom. The fourth-order valence-electron chi connectivity index (χ4n) is 1.71. The van der Waals surface area contributed by atoms with E-state index in [4.69, 9.17) is 5.73 Å². The molecule has 0 aromatic carbocycles. The lowest BCUT2D eigenvalue weighted by Crippen LogP contribution is -2.39. The van der Waals surface area contributed by atoms with Crippen molar-refractivity contribution in [1.82, 2.24) is 15.1 Å². The van der Waals surface area contributed by atoms with Gasteiger partial charge in [0.05, 0.1) is 6.20 Å². The monoisotopic (exact) mass is 294 g/mol. The van der Waals surface area contributed by atoms with E-state index >= 15 is 0 Å². The minimum absolute atomic E-state index is 0.395. The summed E-state index contributed by atoms with van der Waals surface area (Å²) in [7, 11) is 1.67. The number of amides is 1. The Morgan fingerprint density at radius 2 is 2.30 bits per heavy atom. The SMILES string of the molecule is Cn1cc(C(NC(=O)C(N)c2cccs2)C(=O)O)cn1. The van der Waals surface area contributed by atoms with Gasteiger partial charge in [-0.05, 0) is 11.4 Å². The van der Waals surface area contributed by atoms with Crippen molar-refractivity contribution >= 4 is 23.2 Å². The van der Waals surface area contributed by atoms with Crippen molar-refractivity contribution in [3.63, 3.8) is 0 Å². The van der Waals surface area contributed by atoms with E-state index in [1.807, 2.05) is 0 Å². The van der Waals surface area contributed by atoms with Crippen LogP contribution in [0.25, 0.3) is 0 Å². The summed E-state index contributed by atoms with van der Waals surface area (Å²) in [4.78, 5) is 24.0. The predicted molar refractivity (Wildman–Crippen MR) is 73.0 cm³/mol. The molecule has 0 saturated heterocycles. The van der Waals surface area contributed by atoms with Gasteiger partial charge in [-0.1, -0.05) is 6.07 Å². The van der Waals surface area contributed by atoms with Crippen molar-refractivity contribution in [1.29, 1.82) is 0 Å². The second kappa shape index (κ2) is 5.85. The van der Waals surface area contributed by atoms with E-state index in [9.17, 15) is 14.7 Å². The third kappa shape index (κ3) is 3.03. The van der Waals surface area contributed by atoms with Crippen LogP contribution in [0, 0.1) is 0 Å². The Balaban J connectivity index is 2.13. The van der Waals surface area contributed by atoms with Gasteiger partial charge in [0.1, 0.15) is 6.04 Å². The van der Waals surface area contributed by atoms with Crippen molar-refractivity contribution in [3.8, 4) is 0 Å². The minimum Gasteiger partial charge on any atom is -0.479 e. The van der Waals surface area contributed by atoms with Crippen LogP contribution in [0.5, 0.6) is 0 Å². The molecule has 2 heterocycles. The molecule has 8 heteroatoms. The van der Waals surface area contributed by atoms with Crippen molar-refractivity contribution in [3.05, 3.63) is 40.3 Å². The maximum absolute atomic E-state index is 12.0. The fraction of sp³-hybridized carbons (Fsp3) is 0.250. The molecule has 7 nitrogen and oxygen atoms in total. The van der Waals surface area contributed by atoms with Crippen LogP contribution in [0.4, 0.5) is 0 Å². The Labute approximate surface area is 119 Å². The first-order chi connectivity index (χ1) is 9.49. The number of nitrogens with one attached hydrogen (secondary N) is 1. The normalized spacial score (nSPS) is 13.7. The summed E-state index contributed by atoms with van der Waals surface area (Å²) in [6, 6.07) is 1.47. The van der Waals surface area contributed by atoms with Gasteiger partial charge >= 0.3 is 5.97 Å². The zero-order valence-corrected chi connectivity index (χ0v) is 11.5. The number of carboxylic acid groups (broad SMARTS) is 1. The lowest BCUT2D eigenvalue weighted by molar-refractivity contribution is -0.142. The van der Waals surface area contributed by atoms with Crippen LogP contribution < -0.4 is 11.1 Å². The highest BCUT2D eigenvalue weighted by Gasteiger charge is 2.26. The van der Waals surface area contributed by atoms with E-state index in [1.54, 1.807) is 24.6 Å². The van der Waals surface area contributed by atoms with E-state index in [0.717, 1.165) is 0 Å². The van der Waals surface area contributed by atoms with Crippen LogP contribution in [0.1, 0.15) is 22.5 Å². The van der Waals surface area contributed by atoms with Gasteiger partial charge < -0.3 is 16.2 Å². The maximum atomic E-state index is 12.0. The molecular weight excluding hydrogens is 280 g/mol. The second-order valence-corrected chi connectivity index (χ2v) is 5.20. The molecule has 0 aliphatic heterocycles. The smallest absolute Gasteiger partial charge is 0.331 e. The van der Waals surface area contributed by atoms with Crippen LogP contribution in [-0.4, -0.2) is 26.8 Å². The first-order valence-electron chi connectivity index (χ1n) is 5.79. The molecule has 0 bridgehead atoms. The van der Waals surface area contributed by atoms with Crippen molar-refractivity contribution in [2.24, 2.45) is 12.8 Å². The number of carboxylic acids is 1. The lowest BCUT2D eigenvalue weighted by Gasteiger charge is -2.16. The average Bonchev–Trinajstić information content (AvgIpc) is 3.05. The number of hydrogen-bond acceptors (Lipinski definition) is 5. The van der Waals surface area contributed by atoms with E-state index in [0.29, 0.717) is 10.4 Å². The summed E-state index contributed by atoms with van der Waals surface area (Å²) in [6.07, 6.45) is 2.94. The number of carbonyl (C=O) groups excluding carboxylic acids is 1. The number of thiophene rings is 1. The van der Waals surface area contributed by atoms with Crippen LogP contribution >= 0.6 is 11.3 Å². The molecule has 2 rings (SSSR count). The summed E-state index contributed by atoms with van der Waals surface area (Å²) in [6.45, 7) is 0. The highest BCUT2D eigenvalue weighted by Crippen LogP contribution is 2.19. The molecule has 2 aromatic rings. The zero-order chi connectivity index (χ0) is 14.7. The van der Waals surface area contributed by atoms with Gasteiger partial charge in [0.2, 0.25) is 5.91 Å². The molecule has 2 atom stereocenters. The molecule has 0 saturated carbocycles. The average molecular weight is 294 g/mol. The molecule has 106 valence electrons. The summed E-state index contributed by atoms with van der Waals surface area (Å²) in [5.41, 5.74) is 6.19. The predicted octanol–water partition coefficient (Wildman–Crippen LogP) is 0.423. The largest absolute Gasteiger partial charge is 0.479 e. The van der Waals surface area contributed by atoms with E-state index in [-0.39, 0.29) is 0 Å². The third-order valence-electron chi connectivity index (χ3n) is 2.72. The Hall–Kier alpha value is -2.19. The number of hydrogen-bond donors (Lipinski definition) is 3. The molecule has 0 radical (unpaired) electrons. The maximum Gasteiger partial charge on any atom is 0.331 e. The van der Waals surface area contributed by atoms with Gasteiger partial charge in [-0.3, -0.25) is 9.48 Å². The molecule has 0 fully saturated rings. The number of rotatable bonds is 5. The number of aliphatic carboxylic acids is 1. The standard InChI is InChI=1S/C12H14N4O3S/c1-16-6-7(5-14-16)10(12(18)19)15-11(17)9(13)8-3-2-4-20-8/h2-6,9-10H,13H2,1H3,(H,15,17)(H,18,19). The Bertz CT molecular complexity index is 608. The summed E-state index contributed by atoms with van der Waals surface area (Å²) in [5.74, 6) is -1.70. The summed E-state index contributed by atoms with van der Waals surface area (Å²) < 4.78 is 1.47. The second-order valence-electron chi connectivity index (χ2n) is 4.22. The van der Waals surface area contributed by atoms with Crippen LogP contribution in [0.3, 0.4) is 0 Å². The van der Waals surface area contributed by atoms with Gasteiger partial charge in [0, 0.05) is 23.7 Å².